The van der Waals surface area contributed by atoms with Gasteiger partial charge in [-0.2, -0.15) is 0 Å². The summed E-state index contributed by atoms with van der Waals surface area (Å²) in [5, 5.41) is 0. The zero-order chi connectivity index (χ0) is 18.7. The van der Waals surface area contributed by atoms with Crippen LogP contribution in [0.4, 0.5) is 0 Å². The Morgan fingerprint density at radius 2 is 1.69 bits per heavy atom. The lowest BCUT2D eigenvalue weighted by atomic mass is 10.0. The zero-order valence-corrected chi connectivity index (χ0v) is 15.7. The molecule has 0 radical (unpaired) electrons. The van der Waals surface area contributed by atoms with E-state index in [1.165, 1.54) is 0 Å². The van der Waals surface area contributed by atoms with Crippen molar-refractivity contribution in [2.24, 2.45) is 0 Å². The SMILES string of the molecule is COc1cc(C(=O)N2CCCC2c2ccc(OC)c(OC)c2)ccc1C. The minimum Gasteiger partial charge on any atom is -0.496 e. The molecule has 1 heterocycles. The van der Waals surface area contributed by atoms with Crippen LogP contribution in [0.15, 0.2) is 36.4 Å². The van der Waals surface area contributed by atoms with E-state index in [0.717, 1.165) is 36.3 Å². The van der Waals surface area contributed by atoms with Crippen LogP contribution in [0.5, 0.6) is 17.2 Å². The second-order valence-electron chi connectivity index (χ2n) is 6.46. The number of hydrogen-bond donors (Lipinski definition) is 0. The number of amides is 1. The number of hydrogen-bond acceptors (Lipinski definition) is 4. The van der Waals surface area contributed by atoms with Gasteiger partial charge in [-0.15, -0.1) is 0 Å². The second kappa shape index (κ2) is 7.68. The molecule has 3 rings (SSSR count). The van der Waals surface area contributed by atoms with Crippen LogP contribution in [0, 0.1) is 6.92 Å². The number of rotatable bonds is 5. The highest BCUT2D eigenvalue weighted by atomic mass is 16.5. The molecule has 5 heteroatoms. The Morgan fingerprint density at radius 3 is 2.38 bits per heavy atom. The molecule has 0 saturated carbocycles. The average molecular weight is 355 g/mol. The van der Waals surface area contributed by atoms with E-state index < -0.39 is 0 Å². The predicted molar refractivity (Wildman–Crippen MR) is 100 cm³/mol. The number of likely N-dealkylation sites (tertiary alicyclic amines) is 1. The lowest BCUT2D eigenvalue weighted by Crippen LogP contribution is -2.30. The third kappa shape index (κ3) is 3.34. The summed E-state index contributed by atoms with van der Waals surface area (Å²) in [6.45, 7) is 2.71. The molecule has 2 aromatic carbocycles. The molecule has 0 bridgehead atoms. The average Bonchev–Trinajstić information content (AvgIpc) is 3.17. The summed E-state index contributed by atoms with van der Waals surface area (Å²) < 4.78 is 16.1. The van der Waals surface area contributed by atoms with E-state index in [1.54, 1.807) is 21.3 Å². The zero-order valence-electron chi connectivity index (χ0n) is 15.7. The van der Waals surface area contributed by atoms with Crippen LogP contribution in [0.25, 0.3) is 0 Å². The first-order valence-electron chi connectivity index (χ1n) is 8.76. The van der Waals surface area contributed by atoms with Gasteiger partial charge in [0.25, 0.3) is 5.91 Å². The van der Waals surface area contributed by atoms with Gasteiger partial charge < -0.3 is 19.1 Å². The molecular weight excluding hydrogens is 330 g/mol. The van der Waals surface area contributed by atoms with Crippen molar-refractivity contribution in [2.75, 3.05) is 27.9 Å². The number of carbonyl (C=O) groups excluding carboxylic acids is 1. The third-order valence-corrected chi connectivity index (χ3v) is 4.96. The number of nitrogens with zero attached hydrogens (tertiary/aromatic N) is 1. The molecule has 138 valence electrons. The summed E-state index contributed by atoms with van der Waals surface area (Å²) in [4.78, 5) is 15.0. The molecule has 0 aromatic heterocycles. The van der Waals surface area contributed by atoms with Gasteiger partial charge in [0.1, 0.15) is 5.75 Å². The van der Waals surface area contributed by atoms with E-state index in [0.29, 0.717) is 17.1 Å². The van der Waals surface area contributed by atoms with Gasteiger partial charge in [-0.3, -0.25) is 4.79 Å². The maximum atomic E-state index is 13.1. The van der Waals surface area contributed by atoms with E-state index in [2.05, 4.69) is 0 Å². The monoisotopic (exact) mass is 355 g/mol. The standard InChI is InChI=1S/C21H25NO4/c1-14-7-8-16(13-19(14)25-3)21(23)22-11-5-6-17(22)15-9-10-18(24-2)20(12-15)26-4/h7-10,12-13,17H,5-6,11H2,1-4H3. The van der Waals surface area contributed by atoms with Crippen LogP contribution >= 0.6 is 0 Å². The van der Waals surface area contributed by atoms with Gasteiger partial charge in [0, 0.05) is 12.1 Å². The highest BCUT2D eigenvalue weighted by Crippen LogP contribution is 2.37. The fourth-order valence-electron chi connectivity index (χ4n) is 3.54. The van der Waals surface area contributed by atoms with Gasteiger partial charge in [0.05, 0.1) is 27.4 Å². The molecule has 0 N–H and O–H groups in total. The van der Waals surface area contributed by atoms with Gasteiger partial charge in [-0.05, 0) is 55.2 Å². The van der Waals surface area contributed by atoms with Crippen molar-refractivity contribution >= 4 is 5.91 Å². The molecule has 5 nitrogen and oxygen atoms in total. The number of methoxy groups -OCH3 is 3. The number of ether oxygens (including phenoxy) is 3. The maximum absolute atomic E-state index is 13.1. The van der Waals surface area contributed by atoms with Crippen molar-refractivity contribution in [2.45, 2.75) is 25.8 Å². The minimum atomic E-state index is 0.0283. The Hall–Kier alpha value is -2.69. The lowest BCUT2D eigenvalue weighted by Gasteiger charge is -2.26. The molecule has 0 aliphatic carbocycles. The summed E-state index contributed by atoms with van der Waals surface area (Å²) in [5.74, 6) is 2.13. The molecule has 2 aromatic rings. The lowest BCUT2D eigenvalue weighted by molar-refractivity contribution is 0.0735. The van der Waals surface area contributed by atoms with Crippen molar-refractivity contribution in [1.82, 2.24) is 4.90 Å². The predicted octanol–water partition coefficient (Wildman–Crippen LogP) is 4.00. The minimum absolute atomic E-state index is 0.0283. The summed E-state index contributed by atoms with van der Waals surface area (Å²) >= 11 is 0. The number of carbonyl (C=O) groups is 1. The molecule has 1 amide bonds. The summed E-state index contributed by atoms with van der Waals surface area (Å²) in [6, 6.07) is 11.5. The second-order valence-corrected chi connectivity index (χ2v) is 6.46. The van der Waals surface area contributed by atoms with E-state index in [9.17, 15) is 4.79 Å². The molecule has 26 heavy (non-hydrogen) atoms. The normalized spacial score (nSPS) is 16.5. The van der Waals surface area contributed by atoms with Crippen molar-refractivity contribution < 1.29 is 19.0 Å². The van der Waals surface area contributed by atoms with Crippen LogP contribution in [0.2, 0.25) is 0 Å². The van der Waals surface area contributed by atoms with Gasteiger partial charge in [0.2, 0.25) is 0 Å². The summed E-state index contributed by atoms with van der Waals surface area (Å²) in [7, 11) is 4.87. The fourth-order valence-corrected chi connectivity index (χ4v) is 3.54. The van der Waals surface area contributed by atoms with E-state index in [1.807, 2.05) is 48.2 Å². The van der Waals surface area contributed by atoms with Gasteiger partial charge in [-0.25, -0.2) is 0 Å². The largest absolute Gasteiger partial charge is 0.496 e. The highest BCUT2D eigenvalue weighted by Gasteiger charge is 2.31. The molecule has 1 atom stereocenters. The van der Waals surface area contributed by atoms with Crippen LogP contribution in [-0.2, 0) is 0 Å². The van der Waals surface area contributed by atoms with E-state index in [-0.39, 0.29) is 11.9 Å². The Balaban J connectivity index is 1.89. The summed E-state index contributed by atoms with van der Waals surface area (Å²) in [6.07, 6.45) is 1.91. The van der Waals surface area contributed by atoms with Gasteiger partial charge >= 0.3 is 0 Å². The maximum Gasteiger partial charge on any atom is 0.254 e. The smallest absolute Gasteiger partial charge is 0.254 e. The Bertz CT molecular complexity index is 803. The van der Waals surface area contributed by atoms with Crippen molar-refractivity contribution in [3.05, 3.63) is 53.1 Å². The van der Waals surface area contributed by atoms with Crippen molar-refractivity contribution in [1.29, 1.82) is 0 Å². The molecule has 1 aliphatic rings. The molecule has 1 fully saturated rings. The van der Waals surface area contributed by atoms with Gasteiger partial charge in [0.15, 0.2) is 11.5 Å². The van der Waals surface area contributed by atoms with Crippen LogP contribution in [0.1, 0.15) is 40.4 Å². The van der Waals surface area contributed by atoms with E-state index in [4.69, 9.17) is 14.2 Å². The quantitative estimate of drug-likeness (QED) is 0.813. The molecule has 1 saturated heterocycles. The first-order chi connectivity index (χ1) is 12.6. The molecule has 1 aliphatic heterocycles. The van der Waals surface area contributed by atoms with Crippen LogP contribution < -0.4 is 14.2 Å². The third-order valence-electron chi connectivity index (χ3n) is 4.96. The van der Waals surface area contributed by atoms with Crippen molar-refractivity contribution in [3.8, 4) is 17.2 Å². The van der Waals surface area contributed by atoms with Crippen LogP contribution in [0.3, 0.4) is 0 Å². The fraction of sp³-hybridized carbons (Fsp3) is 0.381. The topological polar surface area (TPSA) is 48.0 Å². The van der Waals surface area contributed by atoms with Gasteiger partial charge in [-0.1, -0.05) is 12.1 Å². The first kappa shape index (κ1) is 18.1. The summed E-state index contributed by atoms with van der Waals surface area (Å²) in [5.41, 5.74) is 2.73. The van der Waals surface area contributed by atoms with E-state index >= 15 is 0 Å². The Morgan fingerprint density at radius 1 is 0.962 bits per heavy atom. The number of aryl methyl sites for hydroxylation is 1. The molecule has 1 unspecified atom stereocenters. The van der Waals surface area contributed by atoms with Crippen molar-refractivity contribution in [3.63, 3.8) is 0 Å². The molecular formula is C21H25NO4. The Labute approximate surface area is 154 Å². The van der Waals surface area contributed by atoms with Crippen LogP contribution in [-0.4, -0.2) is 38.7 Å². The first-order valence-corrected chi connectivity index (χ1v) is 8.76. The molecule has 0 spiro atoms. The Kier molecular flexibility index (Phi) is 5.35. The highest BCUT2D eigenvalue weighted by molar-refractivity contribution is 5.95. The number of benzene rings is 2.